The molecule has 0 atom stereocenters. The van der Waals surface area contributed by atoms with E-state index in [1.807, 2.05) is 0 Å². The van der Waals surface area contributed by atoms with Gasteiger partial charge in [-0.25, -0.2) is 8.78 Å². The van der Waals surface area contributed by atoms with Gasteiger partial charge in [0.2, 0.25) is 0 Å². The monoisotopic (exact) mass is 329 g/mol. The van der Waals surface area contributed by atoms with E-state index in [4.69, 9.17) is 11.6 Å². The molecule has 0 radical (unpaired) electrons. The van der Waals surface area contributed by atoms with Crippen LogP contribution in [0.4, 0.5) is 14.5 Å². The molecular weight excluding hydrogens is 304 g/mol. The number of benzene rings is 1. The van der Waals surface area contributed by atoms with Crippen molar-refractivity contribution in [3.63, 3.8) is 0 Å². The largest absolute Gasteiger partial charge is 0.368 e. The van der Waals surface area contributed by atoms with Gasteiger partial charge in [0.05, 0.1) is 5.69 Å². The third kappa shape index (κ3) is 4.84. The van der Waals surface area contributed by atoms with Crippen molar-refractivity contribution in [3.05, 3.63) is 29.8 Å². The van der Waals surface area contributed by atoms with Crippen molar-refractivity contribution in [2.45, 2.75) is 46.0 Å². The van der Waals surface area contributed by atoms with Crippen molar-refractivity contribution in [1.82, 2.24) is 0 Å². The molecule has 0 saturated heterocycles. The quantitative estimate of drug-likeness (QED) is 0.612. The first-order valence-electron chi connectivity index (χ1n) is 8.17. The first kappa shape index (κ1) is 17.5. The summed E-state index contributed by atoms with van der Waals surface area (Å²) in [7, 11) is 0. The van der Waals surface area contributed by atoms with Crippen molar-refractivity contribution in [2.75, 3.05) is 23.9 Å². The topological polar surface area (TPSA) is 3.24 Å². The molecule has 4 heteroatoms. The second kappa shape index (κ2) is 7.63. The maximum absolute atomic E-state index is 14.2. The molecule has 0 unspecified atom stereocenters. The number of hydrogen-bond donors (Lipinski definition) is 0. The minimum Gasteiger partial charge on any atom is -0.368 e. The molecule has 0 heterocycles. The Morgan fingerprint density at radius 3 is 2.45 bits per heavy atom. The van der Waals surface area contributed by atoms with Crippen molar-refractivity contribution < 1.29 is 8.78 Å². The molecule has 1 aliphatic carbocycles. The highest BCUT2D eigenvalue weighted by molar-refractivity contribution is 6.18. The molecule has 1 fully saturated rings. The van der Waals surface area contributed by atoms with Crippen LogP contribution in [-0.2, 0) is 0 Å². The van der Waals surface area contributed by atoms with E-state index in [1.165, 1.54) is 38.2 Å². The van der Waals surface area contributed by atoms with Crippen LogP contribution in [0.5, 0.6) is 0 Å². The Balaban J connectivity index is 2.19. The zero-order valence-electron chi connectivity index (χ0n) is 13.5. The van der Waals surface area contributed by atoms with Gasteiger partial charge in [0, 0.05) is 25.0 Å². The standard InChI is InChI=1S/C18H26ClF2N/c1-18(2,12-19)13-22(11-14-6-4-3-5-7-14)17-9-8-15(20)10-16(17)21/h8-10,14H,3-7,11-13H2,1-2H3. The molecule has 2 rings (SSSR count). The highest BCUT2D eigenvalue weighted by Crippen LogP contribution is 2.30. The van der Waals surface area contributed by atoms with Crippen molar-refractivity contribution >= 4 is 17.3 Å². The predicted octanol–water partition coefficient (Wildman–Crippen LogP) is 5.62. The fraction of sp³-hybridized carbons (Fsp3) is 0.667. The summed E-state index contributed by atoms with van der Waals surface area (Å²) in [6.45, 7) is 5.66. The van der Waals surface area contributed by atoms with Crippen LogP contribution in [-0.4, -0.2) is 19.0 Å². The molecule has 0 amide bonds. The summed E-state index contributed by atoms with van der Waals surface area (Å²) in [4.78, 5) is 2.06. The van der Waals surface area contributed by atoms with Crippen LogP contribution in [0, 0.1) is 23.0 Å². The maximum atomic E-state index is 14.2. The average Bonchev–Trinajstić information content (AvgIpc) is 2.47. The molecular formula is C18H26ClF2N. The molecule has 1 aromatic carbocycles. The lowest BCUT2D eigenvalue weighted by atomic mass is 9.87. The molecule has 1 saturated carbocycles. The number of alkyl halides is 1. The molecule has 0 aliphatic heterocycles. The van der Waals surface area contributed by atoms with E-state index >= 15 is 0 Å². The van der Waals surface area contributed by atoms with E-state index in [0.717, 1.165) is 12.6 Å². The van der Waals surface area contributed by atoms with Crippen LogP contribution in [0.2, 0.25) is 0 Å². The molecule has 1 aromatic rings. The van der Waals surface area contributed by atoms with Crippen LogP contribution >= 0.6 is 11.6 Å². The van der Waals surface area contributed by atoms with E-state index in [2.05, 4.69) is 18.7 Å². The van der Waals surface area contributed by atoms with Gasteiger partial charge in [0.25, 0.3) is 0 Å². The molecule has 22 heavy (non-hydrogen) atoms. The number of rotatable bonds is 6. The summed E-state index contributed by atoms with van der Waals surface area (Å²) >= 11 is 6.05. The zero-order valence-corrected chi connectivity index (χ0v) is 14.3. The number of halogens is 3. The lowest BCUT2D eigenvalue weighted by Crippen LogP contribution is -2.39. The van der Waals surface area contributed by atoms with Gasteiger partial charge in [-0.2, -0.15) is 0 Å². The van der Waals surface area contributed by atoms with E-state index < -0.39 is 11.6 Å². The number of nitrogens with zero attached hydrogens (tertiary/aromatic N) is 1. The fourth-order valence-corrected chi connectivity index (χ4v) is 3.31. The summed E-state index contributed by atoms with van der Waals surface area (Å²) in [5.74, 6) is 0.0812. The average molecular weight is 330 g/mol. The maximum Gasteiger partial charge on any atom is 0.149 e. The van der Waals surface area contributed by atoms with Gasteiger partial charge in [-0.15, -0.1) is 11.6 Å². The SMILES string of the molecule is CC(C)(CCl)CN(CC1CCCCC1)c1ccc(F)cc1F. The second-order valence-corrected chi connectivity index (χ2v) is 7.55. The molecule has 0 N–H and O–H groups in total. The number of hydrogen-bond acceptors (Lipinski definition) is 1. The summed E-state index contributed by atoms with van der Waals surface area (Å²) in [6, 6.07) is 3.86. The van der Waals surface area contributed by atoms with Crippen molar-refractivity contribution in [3.8, 4) is 0 Å². The van der Waals surface area contributed by atoms with Gasteiger partial charge in [0.1, 0.15) is 11.6 Å². The fourth-order valence-electron chi connectivity index (χ4n) is 3.23. The third-order valence-corrected chi connectivity index (χ3v) is 5.16. The Kier molecular flexibility index (Phi) is 6.08. The normalized spacial score (nSPS) is 16.8. The van der Waals surface area contributed by atoms with Crippen LogP contribution in [0.25, 0.3) is 0 Å². The van der Waals surface area contributed by atoms with Gasteiger partial charge < -0.3 is 4.90 Å². The third-order valence-electron chi connectivity index (χ3n) is 4.43. The van der Waals surface area contributed by atoms with Gasteiger partial charge in [-0.1, -0.05) is 33.1 Å². The van der Waals surface area contributed by atoms with Gasteiger partial charge in [-0.3, -0.25) is 0 Å². The Labute approximate surface area is 137 Å². The lowest BCUT2D eigenvalue weighted by molar-refractivity contribution is 0.336. The second-order valence-electron chi connectivity index (χ2n) is 7.28. The van der Waals surface area contributed by atoms with Crippen LogP contribution < -0.4 is 4.90 Å². The zero-order chi connectivity index (χ0) is 16.2. The summed E-state index contributed by atoms with van der Waals surface area (Å²) in [5, 5.41) is 0. The van der Waals surface area contributed by atoms with Gasteiger partial charge in [-0.05, 0) is 36.3 Å². The minimum absolute atomic E-state index is 0.114. The summed E-state index contributed by atoms with van der Waals surface area (Å²) in [5.41, 5.74) is 0.377. The van der Waals surface area contributed by atoms with Crippen LogP contribution in [0.1, 0.15) is 46.0 Å². The van der Waals surface area contributed by atoms with E-state index in [-0.39, 0.29) is 5.41 Å². The molecule has 0 aromatic heterocycles. The van der Waals surface area contributed by atoms with Crippen molar-refractivity contribution in [1.29, 1.82) is 0 Å². The van der Waals surface area contributed by atoms with Crippen LogP contribution in [0.3, 0.4) is 0 Å². The van der Waals surface area contributed by atoms with Gasteiger partial charge >= 0.3 is 0 Å². The lowest BCUT2D eigenvalue weighted by Gasteiger charge is -2.36. The Bertz CT molecular complexity index is 484. The van der Waals surface area contributed by atoms with Gasteiger partial charge in [0.15, 0.2) is 0 Å². The first-order valence-corrected chi connectivity index (χ1v) is 8.71. The van der Waals surface area contributed by atoms with Crippen LogP contribution in [0.15, 0.2) is 18.2 Å². The summed E-state index contributed by atoms with van der Waals surface area (Å²) < 4.78 is 27.4. The molecule has 1 aliphatic rings. The highest BCUT2D eigenvalue weighted by Gasteiger charge is 2.26. The summed E-state index contributed by atoms with van der Waals surface area (Å²) in [6.07, 6.45) is 6.20. The van der Waals surface area contributed by atoms with E-state index in [1.54, 1.807) is 6.07 Å². The van der Waals surface area contributed by atoms with E-state index in [9.17, 15) is 8.78 Å². The Hall–Kier alpha value is -0.830. The molecule has 0 bridgehead atoms. The predicted molar refractivity (Wildman–Crippen MR) is 89.6 cm³/mol. The molecule has 124 valence electrons. The Morgan fingerprint density at radius 1 is 1.18 bits per heavy atom. The molecule has 0 spiro atoms. The first-order chi connectivity index (χ1) is 10.4. The molecule has 1 nitrogen and oxygen atoms in total. The number of anilines is 1. The highest BCUT2D eigenvalue weighted by atomic mass is 35.5. The smallest absolute Gasteiger partial charge is 0.149 e. The minimum atomic E-state index is -0.532. The van der Waals surface area contributed by atoms with Crippen molar-refractivity contribution in [2.24, 2.45) is 11.3 Å². The van der Waals surface area contributed by atoms with E-state index in [0.29, 0.717) is 24.0 Å². The Morgan fingerprint density at radius 2 is 1.86 bits per heavy atom.